The second-order valence-corrected chi connectivity index (χ2v) is 21.9. The van der Waals surface area contributed by atoms with Crippen LogP contribution >= 0.6 is 11.6 Å². The van der Waals surface area contributed by atoms with Gasteiger partial charge in [0.25, 0.3) is 0 Å². The molecule has 0 N–H and O–H groups in total. The van der Waals surface area contributed by atoms with Crippen LogP contribution in [0.25, 0.3) is 0 Å². The molecule has 0 aromatic heterocycles. The summed E-state index contributed by atoms with van der Waals surface area (Å²) in [6.07, 6.45) is 9.78. The van der Waals surface area contributed by atoms with Crippen molar-refractivity contribution in [2.75, 3.05) is 5.88 Å². The normalized spacial score (nSPS) is 12.0. The second-order valence-electron chi connectivity index (χ2n) is 5.47. The molecule has 2 heteroatoms. The second kappa shape index (κ2) is 9.32. The van der Waals surface area contributed by atoms with Gasteiger partial charge in [-0.3, -0.25) is 0 Å². The first-order valence-corrected chi connectivity index (χ1v) is 17.2. The van der Waals surface area contributed by atoms with Crippen molar-refractivity contribution in [2.24, 2.45) is 0 Å². The Bertz CT molecular complexity index is 118. The van der Waals surface area contributed by atoms with E-state index in [-0.39, 0.29) is 0 Å². The van der Waals surface area contributed by atoms with E-state index >= 15 is 0 Å². The summed E-state index contributed by atoms with van der Waals surface area (Å²) in [4.78, 5) is 7.61. The SMILES string of the molecule is [CH3][Sn]([CH3])([CH3])[CH2]CCCCCCCCCl. The molecule has 0 rings (SSSR count). The standard InChI is InChI=1S/C9H18Cl.3CH3.Sn/c1-2-3-4-5-6-7-8-9-10;;;;/h1-9H2;3*1H3;. The summed E-state index contributed by atoms with van der Waals surface area (Å²) in [5.41, 5.74) is 0. The molecule has 0 saturated carbocycles. The van der Waals surface area contributed by atoms with Crippen LogP contribution in [0.2, 0.25) is 19.3 Å². The molecule has 0 aromatic carbocycles. The fourth-order valence-electron chi connectivity index (χ4n) is 1.63. The van der Waals surface area contributed by atoms with Crippen molar-refractivity contribution in [3.8, 4) is 0 Å². The van der Waals surface area contributed by atoms with Gasteiger partial charge in [-0.1, -0.05) is 0 Å². The first-order valence-electron chi connectivity index (χ1n) is 6.12. The maximum absolute atomic E-state index is 5.62. The molecule has 0 amide bonds. The molecule has 0 aliphatic heterocycles. The Morgan fingerprint density at radius 1 is 0.714 bits per heavy atom. The fourth-order valence-corrected chi connectivity index (χ4v) is 5.56. The van der Waals surface area contributed by atoms with Crippen LogP contribution in [-0.4, -0.2) is 24.3 Å². The van der Waals surface area contributed by atoms with Gasteiger partial charge in [0.2, 0.25) is 0 Å². The van der Waals surface area contributed by atoms with Gasteiger partial charge in [-0.25, -0.2) is 0 Å². The molecule has 0 bridgehead atoms. The molecule has 0 atom stereocenters. The van der Waals surface area contributed by atoms with E-state index in [0.717, 1.165) is 5.88 Å². The van der Waals surface area contributed by atoms with Gasteiger partial charge in [0, 0.05) is 0 Å². The van der Waals surface area contributed by atoms with E-state index in [2.05, 4.69) is 14.8 Å². The Labute approximate surface area is 99.7 Å². The van der Waals surface area contributed by atoms with Gasteiger partial charge < -0.3 is 0 Å². The molecule has 86 valence electrons. The zero-order valence-electron chi connectivity index (χ0n) is 10.2. The van der Waals surface area contributed by atoms with Crippen molar-refractivity contribution in [2.45, 2.75) is 64.2 Å². The topological polar surface area (TPSA) is 0 Å². The minimum atomic E-state index is -1.41. The fraction of sp³-hybridized carbons (Fsp3) is 1.00. The van der Waals surface area contributed by atoms with E-state index in [1.54, 1.807) is 4.44 Å². The molecule has 0 radical (unpaired) electrons. The number of halogens is 1. The molecular formula is C12H27ClSn. The molecule has 0 nitrogen and oxygen atoms in total. The summed E-state index contributed by atoms with van der Waals surface area (Å²) in [5.74, 6) is 0.846. The first-order chi connectivity index (χ1) is 6.56. The van der Waals surface area contributed by atoms with Crippen molar-refractivity contribution in [3.63, 3.8) is 0 Å². The third-order valence-electron chi connectivity index (χ3n) is 2.56. The minimum absolute atomic E-state index is 0.846. The van der Waals surface area contributed by atoms with E-state index < -0.39 is 18.4 Å². The van der Waals surface area contributed by atoms with E-state index in [1.165, 1.54) is 44.9 Å². The Morgan fingerprint density at radius 3 is 1.57 bits per heavy atom. The van der Waals surface area contributed by atoms with Gasteiger partial charge in [-0.15, -0.1) is 0 Å². The molecule has 0 spiro atoms. The average Bonchev–Trinajstić information content (AvgIpc) is 2.08. The van der Waals surface area contributed by atoms with Crippen LogP contribution in [0.15, 0.2) is 0 Å². The Kier molecular flexibility index (Phi) is 10.0. The zero-order chi connectivity index (χ0) is 10.9. The quantitative estimate of drug-likeness (QED) is 0.307. The van der Waals surface area contributed by atoms with Crippen LogP contribution in [0.5, 0.6) is 0 Å². The summed E-state index contributed by atoms with van der Waals surface area (Å²) in [5, 5.41) is 0. The van der Waals surface area contributed by atoms with Crippen molar-refractivity contribution in [1.29, 1.82) is 0 Å². The number of unbranched alkanes of at least 4 members (excludes halogenated alkanes) is 6. The van der Waals surface area contributed by atoms with Gasteiger partial charge >= 0.3 is 100 Å². The molecule has 14 heavy (non-hydrogen) atoms. The van der Waals surface area contributed by atoms with E-state index in [4.69, 9.17) is 11.6 Å². The van der Waals surface area contributed by atoms with E-state index in [1.807, 2.05) is 0 Å². The summed E-state index contributed by atoms with van der Waals surface area (Å²) in [7, 11) is 0. The van der Waals surface area contributed by atoms with Crippen molar-refractivity contribution >= 4 is 30.0 Å². The van der Waals surface area contributed by atoms with Crippen LogP contribution in [-0.2, 0) is 0 Å². The zero-order valence-corrected chi connectivity index (χ0v) is 13.9. The molecule has 0 aliphatic rings. The predicted octanol–water partition coefficient (Wildman–Crippen LogP) is 5.29. The average molecular weight is 326 g/mol. The molecule has 0 saturated heterocycles. The van der Waals surface area contributed by atoms with Crippen molar-refractivity contribution in [3.05, 3.63) is 0 Å². The van der Waals surface area contributed by atoms with E-state index in [0.29, 0.717) is 0 Å². The monoisotopic (exact) mass is 326 g/mol. The van der Waals surface area contributed by atoms with Gasteiger partial charge in [0.15, 0.2) is 0 Å². The van der Waals surface area contributed by atoms with Crippen LogP contribution in [0.4, 0.5) is 0 Å². The number of alkyl halides is 1. The van der Waals surface area contributed by atoms with Gasteiger partial charge in [-0.05, 0) is 0 Å². The molecule has 0 fully saturated rings. The van der Waals surface area contributed by atoms with Crippen LogP contribution in [0.1, 0.15) is 44.9 Å². The predicted molar refractivity (Wildman–Crippen MR) is 71.2 cm³/mol. The third kappa shape index (κ3) is 13.1. The number of rotatable bonds is 9. The third-order valence-corrected chi connectivity index (χ3v) is 8.12. The van der Waals surface area contributed by atoms with Crippen LogP contribution in [0.3, 0.4) is 0 Å². The maximum atomic E-state index is 5.62. The van der Waals surface area contributed by atoms with Crippen LogP contribution in [0, 0.1) is 0 Å². The van der Waals surface area contributed by atoms with Gasteiger partial charge in [-0.2, -0.15) is 0 Å². The van der Waals surface area contributed by atoms with E-state index in [9.17, 15) is 0 Å². The Morgan fingerprint density at radius 2 is 1.14 bits per heavy atom. The molecule has 0 aromatic rings. The number of hydrogen-bond acceptors (Lipinski definition) is 0. The van der Waals surface area contributed by atoms with Crippen molar-refractivity contribution in [1.82, 2.24) is 0 Å². The summed E-state index contributed by atoms with van der Waals surface area (Å²) in [6.45, 7) is 0. The Balaban J connectivity index is 2.99. The summed E-state index contributed by atoms with van der Waals surface area (Å²) < 4.78 is 1.58. The first kappa shape index (κ1) is 15.1. The molecule has 0 aliphatic carbocycles. The number of hydrogen-bond donors (Lipinski definition) is 0. The molecule has 0 unspecified atom stereocenters. The summed E-state index contributed by atoms with van der Waals surface area (Å²) >= 11 is 4.21. The molecule has 0 heterocycles. The van der Waals surface area contributed by atoms with Crippen molar-refractivity contribution < 1.29 is 0 Å². The van der Waals surface area contributed by atoms with Crippen LogP contribution < -0.4 is 0 Å². The van der Waals surface area contributed by atoms with Gasteiger partial charge in [0.1, 0.15) is 0 Å². The molecular weight excluding hydrogens is 298 g/mol. The Hall–Kier alpha value is 1.09. The summed E-state index contributed by atoms with van der Waals surface area (Å²) in [6, 6.07) is 0. The van der Waals surface area contributed by atoms with Gasteiger partial charge in [0.05, 0.1) is 0 Å².